The highest BCUT2D eigenvalue weighted by Crippen LogP contribution is 1.82. The van der Waals surface area contributed by atoms with Crippen LogP contribution in [-0.2, 0) is 9.68 Å². The van der Waals surface area contributed by atoms with Crippen LogP contribution in [0, 0.1) is 0 Å². The molecule has 0 saturated carbocycles. The summed E-state index contributed by atoms with van der Waals surface area (Å²) in [4.78, 5) is 12.7. The van der Waals surface area contributed by atoms with Gasteiger partial charge in [-0.15, -0.1) is 0 Å². The Balaban J connectivity index is 3.58. The van der Waals surface area contributed by atoms with E-state index in [2.05, 4.69) is 11.5 Å². The number of hydrogen-bond acceptors (Lipinski definition) is 4. The third-order valence-electron chi connectivity index (χ3n) is 0.319. The summed E-state index contributed by atoms with van der Waals surface area (Å²) in [6.45, 7) is 2.75. The van der Waals surface area contributed by atoms with Crippen LogP contribution in [0.2, 0.25) is 0 Å². The lowest BCUT2D eigenvalue weighted by Crippen LogP contribution is -2.01. The molecule has 0 amide bonds. The lowest BCUT2D eigenvalue weighted by Gasteiger charge is -1.87. The van der Waals surface area contributed by atoms with Gasteiger partial charge < -0.3 is 5.11 Å². The third-order valence-corrected chi connectivity index (χ3v) is 0.319. The molecule has 0 spiro atoms. The molecule has 0 unspecified atom stereocenters. The lowest BCUT2D eigenvalue weighted by molar-refractivity contribution is -0.232. The summed E-state index contributed by atoms with van der Waals surface area (Å²) in [5, 5.41) is 15.4. The van der Waals surface area contributed by atoms with Crippen molar-refractivity contribution in [1.29, 1.82) is 0 Å². The van der Waals surface area contributed by atoms with Gasteiger partial charge in [-0.05, 0) is 6.58 Å². The van der Waals surface area contributed by atoms with Gasteiger partial charge in [-0.1, -0.05) is 0 Å². The van der Waals surface area contributed by atoms with Crippen LogP contribution in [0.5, 0.6) is 0 Å². The highest BCUT2D eigenvalue weighted by atomic mass is 17.1. The molecule has 0 bridgehead atoms. The van der Waals surface area contributed by atoms with Gasteiger partial charge in [0.15, 0.2) is 5.76 Å². The van der Waals surface area contributed by atoms with Gasteiger partial charge in [-0.2, -0.15) is 5.26 Å². The van der Waals surface area contributed by atoms with Crippen molar-refractivity contribution in [3.8, 4) is 0 Å². The largest absolute Gasteiger partial charge is 0.502 e. The first-order chi connectivity index (χ1) is 3.18. The first-order valence-electron chi connectivity index (χ1n) is 1.42. The summed E-state index contributed by atoms with van der Waals surface area (Å²) >= 11 is 0. The zero-order chi connectivity index (χ0) is 5.86. The molecule has 0 aliphatic heterocycles. The van der Waals surface area contributed by atoms with Crippen LogP contribution < -0.4 is 0 Å². The average Bonchev–Trinajstić information content (AvgIpc) is 1.65. The van der Waals surface area contributed by atoms with Gasteiger partial charge >= 0.3 is 5.97 Å². The summed E-state index contributed by atoms with van der Waals surface area (Å²) in [5.74, 6) is -2.05. The third kappa shape index (κ3) is 1.77. The van der Waals surface area contributed by atoms with Gasteiger partial charge in [0.05, 0.1) is 0 Å². The van der Waals surface area contributed by atoms with Crippen molar-refractivity contribution in [2.75, 3.05) is 0 Å². The summed E-state index contributed by atoms with van der Waals surface area (Å²) in [5.41, 5.74) is 0. The zero-order valence-corrected chi connectivity index (χ0v) is 3.42. The normalized spacial score (nSPS) is 7.57. The first kappa shape index (κ1) is 5.97. The molecule has 40 valence electrons. The molecule has 0 heterocycles. The second kappa shape index (κ2) is 2.20. The monoisotopic (exact) mass is 104 g/mol. The Hall–Kier alpha value is -1.03. The number of rotatable bonds is 1. The van der Waals surface area contributed by atoms with E-state index in [1.807, 2.05) is 0 Å². The van der Waals surface area contributed by atoms with E-state index in [0.717, 1.165) is 0 Å². The summed E-state index contributed by atoms with van der Waals surface area (Å²) in [6, 6.07) is 0. The van der Waals surface area contributed by atoms with Crippen molar-refractivity contribution in [3.63, 3.8) is 0 Å². The second-order valence-corrected chi connectivity index (χ2v) is 0.825. The maximum atomic E-state index is 9.69. The molecule has 4 heteroatoms. The molecule has 0 fully saturated rings. The maximum Gasteiger partial charge on any atom is 0.406 e. The Bertz CT molecular complexity index is 95.1. The van der Waals surface area contributed by atoms with Crippen molar-refractivity contribution >= 4 is 5.97 Å². The number of aliphatic hydroxyl groups excluding tert-OH is 1. The van der Waals surface area contributed by atoms with Gasteiger partial charge in [0.1, 0.15) is 0 Å². The molecule has 2 N–H and O–H groups in total. The van der Waals surface area contributed by atoms with Gasteiger partial charge in [0.2, 0.25) is 0 Å². The van der Waals surface area contributed by atoms with Gasteiger partial charge in [0, 0.05) is 0 Å². The highest BCUT2D eigenvalue weighted by molar-refractivity contribution is 5.84. The molecule has 4 nitrogen and oxygen atoms in total. The quantitative estimate of drug-likeness (QED) is 0.214. The SMILES string of the molecule is C=C(O)C(=O)OO. The van der Waals surface area contributed by atoms with Crippen LogP contribution in [0.15, 0.2) is 12.3 Å². The van der Waals surface area contributed by atoms with Crippen molar-refractivity contribution in [2.24, 2.45) is 0 Å². The van der Waals surface area contributed by atoms with Crippen LogP contribution in [-0.4, -0.2) is 16.3 Å². The van der Waals surface area contributed by atoms with E-state index in [0.29, 0.717) is 0 Å². The Kier molecular flexibility index (Phi) is 1.87. The number of hydrogen-bond donors (Lipinski definition) is 2. The predicted octanol–water partition coefficient (Wildman–Crippen LogP) is 0.0743. The molecule has 0 aliphatic rings. The van der Waals surface area contributed by atoms with E-state index in [9.17, 15) is 4.79 Å². The topological polar surface area (TPSA) is 66.8 Å². The molecule has 0 atom stereocenters. The van der Waals surface area contributed by atoms with Crippen LogP contribution in [0.4, 0.5) is 0 Å². The molecule has 0 aromatic carbocycles. The van der Waals surface area contributed by atoms with Crippen molar-refractivity contribution in [3.05, 3.63) is 12.3 Å². The molecule has 0 radical (unpaired) electrons. The van der Waals surface area contributed by atoms with Crippen LogP contribution in [0.3, 0.4) is 0 Å². The van der Waals surface area contributed by atoms with Crippen LogP contribution in [0.25, 0.3) is 0 Å². The molecule has 0 aliphatic carbocycles. The Morgan fingerprint density at radius 1 is 1.71 bits per heavy atom. The molecule has 0 rings (SSSR count). The predicted molar refractivity (Wildman–Crippen MR) is 20.5 cm³/mol. The molecule has 0 aromatic heterocycles. The minimum absolute atomic E-state index is 0.817. The molecule has 0 saturated heterocycles. The maximum absolute atomic E-state index is 9.69. The Labute approximate surface area is 39.6 Å². The number of carbonyl (C=O) groups is 1. The fourth-order valence-electron chi connectivity index (χ4n) is 0.0527. The number of carbonyl (C=O) groups excluding carboxylic acids is 1. The van der Waals surface area contributed by atoms with E-state index in [4.69, 9.17) is 10.4 Å². The number of aliphatic hydroxyl groups is 1. The lowest BCUT2D eigenvalue weighted by atomic mass is 10.6. The Morgan fingerprint density at radius 2 is 2.14 bits per heavy atom. The van der Waals surface area contributed by atoms with E-state index < -0.39 is 11.7 Å². The van der Waals surface area contributed by atoms with Crippen molar-refractivity contribution in [1.82, 2.24) is 0 Å². The van der Waals surface area contributed by atoms with Gasteiger partial charge in [-0.25, -0.2) is 4.79 Å². The first-order valence-corrected chi connectivity index (χ1v) is 1.42. The summed E-state index contributed by atoms with van der Waals surface area (Å²) in [6.07, 6.45) is 0. The summed E-state index contributed by atoms with van der Waals surface area (Å²) < 4.78 is 0. The minimum atomic E-state index is -1.24. The second-order valence-electron chi connectivity index (χ2n) is 0.825. The van der Waals surface area contributed by atoms with Crippen molar-refractivity contribution in [2.45, 2.75) is 0 Å². The van der Waals surface area contributed by atoms with E-state index in [-0.39, 0.29) is 0 Å². The average molecular weight is 104 g/mol. The smallest absolute Gasteiger partial charge is 0.406 e. The molecular weight excluding hydrogens is 100 g/mol. The van der Waals surface area contributed by atoms with Gasteiger partial charge in [0.25, 0.3) is 0 Å². The zero-order valence-electron chi connectivity index (χ0n) is 3.42. The standard InChI is InChI=1S/C3H4O4/c1-2(4)3(5)7-6/h4,6H,1H2. The molecule has 7 heavy (non-hydrogen) atoms. The van der Waals surface area contributed by atoms with E-state index >= 15 is 0 Å². The van der Waals surface area contributed by atoms with Crippen molar-refractivity contribution < 1.29 is 20.0 Å². The molecular formula is C3H4O4. The minimum Gasteiger partial charge on any atom is -0.502 e. The van der Waals surface area contributed by atoms with Crippen LogP contribution >= 0.6 is 0 Å². The molecule has 0 aromatic rings. The summed E-state index contributed by atoms with van der Waals surface area (Å²) in [7, 11) is 0. The fourth-order valence-corrected chi connectivity index (χ4v) is 0.0527. The van der Waals surface area contributed by atoms with E-state index in [1.54, 1.807) is 0 Å². The highest BCUT2D eigenvalue weighted by Gasteiger charge is 2.02. The fraction of sp³-hybridized carbons (Fsp3) is 0. The van der Waals surface area contributed by atoms with E-state index in [1.165, 1.54) is 0 Å². The van der Waals surface area contributed by atoms with Gasteiger partial charge in [-0.3, -0.25) is 4.89 Å². The van der Waals surface area contributed by atoms with Crippen LogP contribution in [0.1, 0.15) is 0 Å². The Morgan fingerprint density at radius 3 is 2.14 bits per heavy atom.